The van der Waals surface area contributed by atoms with Gasteiger partial charge in [-0.05, 0) is 76.2 Å². The van der Waals surface area contributed by atoms with Crippen LogP contribution in [0.3, 0.4) is 0 Å². The lowest BCUT2D eigenvalue weighted by molar-refractivity contribution is 0.102. The van der Waals surface area contributed by atoms with Gasteiger partial charge >= 0.3 is 0 Å². The van der Waals surface area contributed by atoms with Crippen LogP contribution < -0.4 is 14.8 Å². The molecular weight excluding hydrogens is 372 g/mol. The third-order valence-corrected chi connectivity index (χ3v) is 4.83. The molecule has 146 valence electrons. The molecule has 5 nitrogen and oxygen atoms in total. The Morgan fingerprint density at radius 1 is 1.07 bits per heavy atom. The Morgan fingerprint density at radius 3 is 2.32 bits per heavy atom. The van der Waals surface area contributed by atoms with Crippen molar-refractivity contribution < 1.29 is 14.3 Å². The third-order valence-electron chi connectivity index (χ3n) is 3.94. The van der Waals surface area contributed by atoms with Crippen LogP contribution in [-0.4, -0.2) is 23.6 Å². The van der Waals surface area contributed by atoms with Crippen molar-refractivity contribution >= 4 is 22.4 Å². The SMILES string of the molecule is CCOc1ccc(-c2nc(NC(=O)c3ccc(OC(C)C)cc3)sc2C)cc1. The molecule has 0 saturated carbocycles. The van der Waals surface area contributed by atoms with Crippen LogP contribution in [0, 0.1) is 6.92 Å². The van der Waals surface area contributed by atoms with Gasteiger partial charge in [0.1, 0.15) is 11.5 Å². The first-order valence-electron chi connectivity index (χ1n) is 9.25. The number of benzene rings is 2. The summed E-state index contributed by atoms with van der Waals surface area (Å²) in [6.45, 7) is 8.52. The summed E-state index contributed by atoms with van der Waals surface area (Å²) in [6.07, 6.45) is 0.0963. The zero-order valence-electron chi connectivity index (χ0n) is 16.5. The van der Waals surface area contributed by atoms with E-state index < -0.39 is 0 Å². The van der Waals surface area contributed by atoms with Gasteiger partial charge in [-0.25, -0.2) is 4.98 Å². The van der Waals surface area contributed by atoms with Crippen molar-refractivity contribution in [1.29, 1.82) is 0 Å². The molecule has 3 rings (SSSR count). The van der Waals surface area contributed by atoms with Crippen LogP contribution in [0.1, 0.15) is 36.0 Å². The molecule has 1 heterocycles. The zero-order chi connectivity index (χ0) is 20.1. The van der Waals surface area contributed by atoms with E-state index in [0.29, 0.717) is 17.3 Å². The summed E-state index contributed by atoms with van der Waals surface area (Å²) in [7, 11) is 0. The number of aryl methyl sites for hydroxylation is 1. The van der Waals surface area contributed by atoms with E-state index in [9.17, 15) is 4.79 Å². The average Bonchev–Trinajstić information content (AvgIpc) is 3.03. The molecule has 6 heteroatoms. The van der Waals surface area contributed by atoms with Gasteiger partial charge in [-0.15, -0.1) is 11.3 Å². The lowest BCUT2D eigenvalue weighted by Crippen LogP contribution is -2.12. The number of carbonyl (C=O) groups excluding carboxylic acids is 1. The molecule has 2 aromatic carbocycles. The Hall–Kier alpha value is -2.86. The summed E-state index contributed by atoms with van der Waals surface area (Å²) in [5.74, 6) is 1.38. The van der Waals surface area contributed by atoms with Gasteiger partial charge < -0.3 is 9.47 Å². The molecule has 0 unspecified atom stereocenters. The third kappa shape index (κ3) is 4.89. The fraction of sp³-hybridized carbons (Fsp3) is 0.273. The predicted molar refractivity (Wildman–Crippen MR) is 114 cm³/mol. The van der Waals surface area contributed by atoms with Crippen LogP contribution in [0.2, 0.25) is 0 Å². The van der Waals surface area contributed by atoms with Crippen molar-refractivity contribution in [3.63, 3.8) is 0 Å². The van der Waals surface area contributed by atoms with Gasteiger partial charge in [0.15, 0.2) is 5.13 Å². The second-order valence-corrected chi connectivity index (χ2v) is 7.73. The zero-order valence-corrected chi connectivity index (χ0v) is 17.3. The van der Waals surface area contributed by atoms with E-state index in [0.717, 1.165) is 27.6 Å². The number of hydrogen-bond donors (Lipinski definition) is 1. The summed E-state index contributed by atoms with van der Waals surface area (Å²) in [4.78, 5) is 18.2. The lowest BCUT2D eigenvalue weighted by Gasteiger charge is -2.09. The van der Waals surface area contributed by atoms with Crippen LogP contribution in [-0.2, 0) is 0 Å². The minimum Gasteiger partial charge on any atom is -0.494 e. The predicted octanol–water partition coefficient (Wildman–Crippen LogP) is 5.56. The second kappa shape index (κ2) is 8.89. The van der Waals surface area contributed by atoms with Gasteiger partial charge in [0.25, 0.3) is 5.91 Å². The maximum absolute atomic E-state index is 12.5. The minimum atomic E-state index is -0.192. The molecular formula is C22H24N2O3S. The number of amides is 1. The van der Waals surface area contributed by atoms with Crippen molar-refractivity contribution in [3.05, 3.63) is 59.0 Å². The molecule has 0 aliphatic carbocycles. The molecule has 0 atom stereocenters. The lowest BCUT2D eigenvalue weighted by atomic mass is 10.1. The van der Waals surface area contributed by atoms with E-state index in [2.05, 4.69) is 10.3 Å². The number of aromatic nitrogens is 1. The van der Waals surface area contributed by atoms with Crippen LogP contribution in [0.5, 0.6) is 11.5 Å². The minimum absolute atomic E-state index is 0.0963. The van der Waals surface area contributed by atoms with Gasteiger partial charge in [-0.2, -0.15) is 0 Å². The van der Waals surface area contributed by atoms with Gasteiger partial charge in [-0.1, -0.05) is 0 Å². The fourth-order valence-electron chi connectivity index (χ4n) is 2.72. The normalized spacial score (nSPS) is 10.8. The number of anilines is 1. The van der Waals surface area contributed by atoms with Crippen molar-refractivity contribution in [2.45, 2.75) is 33.8 Å². The van der Waals surface area contributed by atoms with Gasteiger partial charge in [0, 0.05) is 16.0 Å². The van der Waals surface area contributed by atoms with Crippen LogP contribution >= 0.6 is 11.3 Å². The molecule has 28 heavy (non-hydrogen) atoms. The topological polar surface area (TPSA) is 60.5 Å². The molecule has 0 bridgehead atoms. The Morgan fingerprint density at radius 2 is 1.71 bits per heavy atom. The molecule has 1 N–H and O–H groups in total. The van der Waals surface area contributed by atoms with Crippen molar-refractivity contribution in [3.8, 4) is 22.8 Å². The second-order valence-electron chi connectivity index (χ2n) is 6.53. The number of nitrogens with zero attached hydrogens (tertiary/aromatic N) is 1. The standard InChI is InChI=1S/C22H24N2O3S/c1-5-26-18-10-6-16(7-11-18)20-15(4)28-22(23-20)24-21(25)17-8-12-19(13-9-17)27-14(2)3/h6-14H,5H2,1-4H3,(H,23,24,25). The summed E-state index contributed by atoms with van der Waals surface area (Å²) >= 11 is 1.46. The van der Waals surface area contributed by atoms with E-state index in [4.69, 9.17) is 9.47 Å². The molecule has 0 saturated heterocycles. The average molecular weight is 397 g/mol. The highest BCUT2D eigenvalue weighted by Crippen LogP contribution is 2.31. The number of ether oxygens (including phenoxy) is 2. The molecule has 0 spiro atoms. The number of carbonyl (C=O) groups is 1. The molecule has 0 aliphatic heterocycles. The summed E-state index contributed by atoms with van der Waals surface area (Å²) < 4.78 is 11.1. The van der Waals surface area contributed by atoms with Crippen molar-refractivity contribution in [2.75, 3.05) is 11.9 Å². The highest BCUT2D eigenvalue weighted by Gasteiger charge is 2.13. The van der Waals surface area contributed by atoms with Gasteiger partial charge in [0.05, 0.1) is 18.4 Å². The maximum Gasteiger partial charge on any atom is 0.257 e. The first kappa shape index (κ1) is 19.9. The smallest absolute Gasteiger partial charge is 0.257 e. The molecule has 0 aliphatic rings. The Balaban J connectivity index is 1.71. The molecule has 1 aromatic heterocycles. The maximum atomic E-state index is 12.5. The first-order chi connectivity index (χ1) is 13.5. The van der Waals surface area contributed by atoms with Crippen LogP contribution in [0.25, 0.3) is 11.3 Å². The molecule has 0 radical (unpaired) electrons. The van der Waals surface area contributed by atoms with E-state index in [1.807, 2.05) is 52.0 Å². The van der Waals surface area contributed by atoms with E-state index in [-0.39, 0.29) is 12.0 Å². The van der Waals surface area contributed by atoms with Gasteiger partial charge in [-0.3, -0.25) is 10.1 Å². The van der Waals surface area contributed by atoms with E-state index in [1.165, 1.54) is 11.3 Å². The van der Waals surface area contributed by atoms with Crippen molar-refractivity contribution in [2.24, 2.45) is 0 Å². The fourth-order valence-corrected chi connectivity index (χ4v) is 3.55. The quantitative estimate of drug-likeness (QED) is 0.568. The molecule has 1 amide bonds. The Kier molecular flexibility index (Phi) is 6.31. The number of hydrogen-bond acceptors (Lipinski definition) is 5. The van der Waals surface area contributed by atoms with E-state index >= 15 is 0 Å². The van der Waals surface area contributed by atoms with Crippen molar-refractivity contribution in [1.82, 2.24) is 4.98 Å². The summed E-state index contributed by atoms with van der Waals surface area (Å²) in [6, 6.07) is 14.9. The van der Waals surface area contributed by atoms with Gasteiger partial charge in [0.2, 0.25) is 0 Å². The Labute approximate surface area is 169 Å². The largest absolute Gasteiger partial charge is 0.494 e. The van der Waals surface area contributed by atoms with Crippen LogP contribution in [0.4, 0.5) is 5.13 Å². The molecule has 3 aromatic rings. The number of nitrogens with one attached hydrogen (secondary N) is 1. The molecule has 0 fully saturated rings. The number of rotatable bonds is 7. The highest BCUT2D eigenvalue weighted by molar-refractivity contribution is 7.16. The monoisotopic (exact) mass is 396 g/mol. The Bertz CT molecular complexity index is 931. The summed E-state index contributed by atoms with van der Waals surface area (Å²) in [5, 5.41) is 3.46. The highest BCUT2D eigenvalue weighted by atomic mass is 32.1. The number of thiazole rings is 1. The summed E-state index contributed by atoms with van der Waals surface area (Å²) in [5.41, 5.74) is 2.42. The first-order valence-corrected chi connectivity index (χ1v) is 10.1. The van der Waals surface area contributed by atoms with Crippen LogP contribution in [0.15, 0.2) is 48.5 Å². The van der Waals surface area contributed by atoms with E-state index in [1.54, 1.807) is 24.3 Å².